The monoisotopic (exact) mass is 377 g/mol. The topological polar surface area (TPSA) is 70.6 Å². The van der Waals surface area contributed by atoms with Crippen molar-refractivity contribution < 1.29 is 17.1 Å². The van der Waals surface area contributed by atoms with Crippen molar-refractivity contribution in [2.24, 2.45) is 0 Å². The molecule has 0 radical (unpaired) electrons. The molecule has 0 N–H and O–H groups in total. The molecule has 3 rings (SSSR count). The van der Waals surface area contributed by atoms with Crippen molar-refractivity contribution in [3.05, 3.63) is 54.4 Å². The van der Waals surface area contributed by atoms with Crippen molar-refractivity contribution in [3.63, 3.8) is 0 Å². The van der Waals surface area contributed by atoms with Gasteiger partial charge in [-0.25, -0.2) is 0 Å². The third-order valence-electron chi connectivity index (χ3n) is 4.44. The van der Waals surface area contributed by atoms with Crippen molar-refractivity contribution in [1.29, 1.82) is 0 Å². The summed E-state index contributed by atoms with van der Waals surface area (Å²) in [5.74, 6) is -0.0163. The summed E-state index contributed by atoms with van der Waals surface area (Å²) in [5.41, 5.74) is 1.76. The Kier molecular flexibility index (Phi) is 5.51. The van der Waals surface area contributed by atoms with Crippen LogP contribution in [0.3, 0.4) is 0 Å². The molecule has 26 heavy (non-hydrogen) atoms. The Morgan fingerprint density at radius 3 is 2.35 bits per heavy atom. The van der Waals surface area contributed by atoms with Crippen LogP contribution < -0.4 is 4.90 Å². The Morgan fingerprint density at radius 1 is 1.00 bits per heavy atom. The first-order valence-electron chi connectivity index (χ1n) is 8.40. The SMILES string of the molecule is O=C(Cc1ccc(S(=O)(=O)F)cc1)N1CCCN(c2ccncc2)CC1. The lowest BCUT2D eigenvalue weighted by Gasteiger charge is -2.23. The van der Waals surface area contributed by atoms with E-state index in [1.807, 2.05) is 17.0 Å². The van der Waals surface area contributed by atoms with Gasteiger partial charge >= 0.3 is 10.2 Å². The zero-order valence-electron chi connectivity index (χ0n) is 14.2. The summed E-state index contributed by atoms with van der Waals surface area (Å²) in [7, 11) is -4.71. The Balaban J connectivity index is 1.60. The van der Waals surface area contributed by atoms with Gasteiger partial charge in [0.05, 0.1) is 11.3 Å². The molecule has 0 saturated carbocycles. The smallest absolute Gasteiger partial charge is 0.332 e. The van der Waals surface area contributed by atoms with E-state index in [2.05, 4.69) is 9.88 Å². The molecule has 1 fully saturated rings. The number of aromatic nitrogens is 1. The quantitative estimate of drug-likeness (QED) is 0.763. The Hall–Kier alpha value is -2.48. The number of rotatable bonds is 4. The van der Waals surface area contributed by atoms with Gasteiger partial charge in [0, 0.05) is 44.3 Å². The summed E-state index contributed by atoms with van der Waals surface area (Å²) in [6.45, 7) is 2.92. The number of pyridine rings is 1. The van der Waals surface area contributed by atoms with Gasteiger partial charge < -0.3 is 9.80 Å². The fourth-order valence-corrected chi connectivity index (χ4v) is 3.50. The van der Waals surface area contributed by atoms with Crippen LogP contribution in [0.4, 0.5) is 9.57 Å². The average molecular weight is 377 g/mol. The van der Waals surface area contributed by atoms with E-state index in [1.54, 1.807) is 12.4 Å². The van der Waals surface area contributed by atoms with Crippen molar-refractivity contribution in [1.82, 2.24) is 9.88 Å². The minimum absolute atomic E-state index is 0.0163. The molecule has 0 unspecified atom stereocenters. The van der Waals surface area contributed by atoms with E-state index in [0.29, 0.717) is 18.7 Å². The van der Waals surface area contributed by atoms with Crippen LogP contribution in [-0.4, -0.2) is 50.4 Å². The van der Waals surface area contributed by atoms with Gasteiger partial charge in [0.1, 0.15) is 0 Å². The molecular weight excluding hydrogens is 357 g/mol. The van der Waals surface area contributed by atoms with Crippen LogP contribution in [0.1, 0.15) is 12.0 Å². The predicted octanol–water partition coefficient (Wildman–Crippen LogP) is 2.02. The van der Waals surface area contributed by atoms with E-state index in [4.69, 9.17) is 0 Å². The summed E-state index contributed by atoms with van der Waals surface area (Å²) in [6, 6.07) is 9.24. The largest absolute Gasteiger partial charge is 0.370 e. The van der Waals surface area contributed by atoms with Crippen molar-refractivity contribution in [3.8, 4) is 0 Å². The van der Waals surface area contributed by atoms with E-state index in [1.165, 1.54) is 24.3 Å². The minimum Gasteiger partial charge on any atom is -0.370 e. The number of hydrogen-bond acceptors (Lipinski definition) is 5. The summed E-state index contributed by atoms with van der Waals surface area (Å²) < 4.78 is 34.6. The van der Waals surface area contributed by atoms with Crippen molar-refractivity contribution in [2.75, 3.05) is 31.1 Å². The van der Waals surface area contributed by atoms with Crippen LogP contribution >= 0.6 is 0 Å². The lowest BCUT2D eigenvalue weighted by Crippen LogP contribution is -2.36. The maximum Gasteiger partial charge on any atom is 0.332 e. The van der Waals surface area contributed by atoms with Gasteiger partial charge in [-0.1, -0.05) is 12.1 Å². The fraction of sp³-hybridized carbons (Fsp3) is 0.333. The highest BCUT2D eigenvalue weighted by molar-refractivity contribution is 7.86. The number of nitrogens with zero attached hydrogens (tertiary/aromatic N) is 3. The highest BCUT2D eigenvalue weighted by Crippen LogP contribution is 2.17. The molecule has 6 nitrogen and oxygen atoms in total. The summed E-state index contributed by atoms with van der Waals surface area (Å²) >= 11 is 0. The fourth-order valence-electron chi connectivity index (χ4n) is 3.04. The predicted molar refractivity (Wildman–Crippen MR) is 96.1 cm³/mol. The van der Waals surface area contributed by atoms with E-state index in [-0.39, 0.29) is 12.3 Å². The summed E-state index contributed by atoms with van der Waals surface area (Å²) in [5, 5.41) is 0. The molecule has 0 bridgehead atoms. The maximum absolute atomic E-state index is 12.9. The Bertz CT molecular complexity index is 857. The van der Waals surface area contributed by atoms with Gasteiger partial charge in [0.15, 0.2) is 0 Å². The molecule has 0 aliphatic carbocycles. The molecule has 0 spiro atoms. The number of carbonyl (C=O) groups is 1. The van der Waals surface area contributed by atoms with Crippen LogP contribution in [0, 0.1) is 0 Å². The first kappa shape index (κ1) is 18.3. The van der Waals surface area contributed by atoms with Crippen LogP contribution in [0.2, 0.25) is 0 Å². The molecular formula is C18H20FN3O3S. The van der Waals surface area contributed by atoms with E-state index < -0.39 is 15.1 Å². The normalized spacial score (nSPS) is 15.6. The standard InChI is InChI=1S/C18H20FN3O3S/c19-26(24,25)17-4-2-15(3-5-17)14-18(23)22-11-1-10-21(12-13-22)16-6-8-20-9-7-16/h2-9H,1,10-14H2. The van der Waals surface area contributed by atoms with Crippen LogP contribution in [0.5, 0.6) is 0 Å². The van der Waals surface area contributed by atoms with Crippen molar-refractivity contribution >= 4 is 21.8 Å². The molecule has 1 saturated heterocycles. The summed E-state index contributed by atoms with van der Waals surface area (Å²) in [6.07, 6.45) is 4.55. The molecule has 8 heteroatoms. The number of anilines is 1. The lowest BCUT2D eigenvalue weighted by atomic mass is 10.1. The van der Waals surface area contributed by atoms with E-state index in [9.17, 15) is 17.1 Å². The highest BCUT2D eigenvalue weighted by Gasteiger charge is 2.20. The molecule has 1 aromatic heterocycles. The van der Waals surface area contributed by atoms with Gasteiger partial charge in [0.25, 0.3) is 0 Å². The second-order valence-electron chi connectivity index (χ2n) is 6.19. The first-order valence-corrected chi connectivity index (χ1v) is 9.78. The zero-order chi connectivity index (χ0) is 18.6. The lowest BCUT2D eigenvalue weighted by molar-refractivity contribution is -0.130. The van der Waals surface area contributed by atoms with Gasteiger partial charge in [-0.15, -0.1) is 3.89 Å². The molecule has 1 aromatic carbocycles. The minimum atomic E-state index is -4.71. The first-order chi connectivity index (χ1) is 12.4. The van der Waals surface area contributed by atoms with E-state index in [0.717, 1.165) is 25.2 Å². The second-order valence-corrected chi connectivity index (χ2v) is 7.53. The van der Waals surface area contributed by atoms with Crippen molar-refractivity contribution in [2.45, 2.75) is 17.7 Å². The van der Waals surface area contributed by atoms with Crippen LogP contribution in [0.25, 0.3) is 0 Å². The summed E-state index contributed by atoms with van der Waals surface area (Å²) in [4.78, 5) is 20.2. The third kappa shape index (κ3) is 4.57. The number of hydrogen-bond donors (Lipinski definition) is 0. The average Bonchev–Trinajstić information content (AvgIpc) is 2.88. The Morgan fingerprint density at radius 2 is 1.69 bits per heavy atom. The molecule has 138 valence electrons. The Labute approximate surface area is 152 Å². The number of amides is 1. The van der Waals surface area contributed by atoms with Crippen LogP contribution in [0.15, 0.2) is 53.7 Å². The third-order valence-corrected chi connectivity index (χ3v) is 5.27. The van der Waals surface area contributed by atoms with Gasteiger partial charge in [0.2, 0.25) is 5.91 Å². The van der Waals surface area contributed by atoms with Gasteiger partial charge in [-0.3, -0.25) is 9.78 Å². The molecule has 1 aliphatic rings. The molecule has 2 heterocycles. The molecule has 0 atom stereocenters. The maximum atomic E-state index is 12.9. The molecule has 1 amide bonds. The zero-order valence-corrected chi connectivity index (χ0v) is 15.0. The molecule has 1 aliphatic heterocycles. The highest BCUT2D eigenvalue weighted by atomic mass is 32.3. The van der Waals surface area contributed by atoms with Gasteiger partial charge in [-0.05, 0) is 36.2 Å². The van der Waals surface area contributed by atoms with Crippen LogP contribution in [-0.2, 0) is 21.4 Å². The molecule has 2 aromatic rings. The van der Waals surface area contributed by atoms with Gasteiger partial charge in [-0.2, -0.15) is 8.42 Å². The number of benzene rings is 1. The number of halogens is 1. The second kappa shape index (κ2) is 7.82. The number of carbonyl (C=O) groups excluding carboxylic acids is 1. The van der Waals surface area contributed by atoms with E-state index >= 15 is 0 Å².